The summed E-state index contributed by atoms with van der Waals surface area (Å²) < 4.78 is 36.2. The first-order valence-electron chi connectivity index (χ1n) is 11.2. The van der Waals surface area contributed by atoms with Crippen LogP contribution in [0.5, 0.6) is 5.88 Å². The summed E-state index contributed by atoms with van der Waals surface area (Å²) in [5, 5.41) is 18.8. The van der Waals surface area contributed by atoms with Crippen LogP contribution in [0.3, 0.4) is 0 Å². The van der Waals surface area contributed by atoms with Gasteiger partial charge in [0.2, 0.25) is 21.9 Å². The van der Waals surface area contributed by atoms with Crippen molar-refractivity contribution in [2.24, 2.45) is 0 Å². The molecule has 1 aliphatic rings. The lowest BCUT2D eigenvalue weighted by Crippen LogP contribution is -2.39. The van der Waals surface area contributed by atoms with Crippen LogP contribution in [0.2, 0.25) is 0 Å². The van der Waals surface area contributed by atoms with E-state index < -0.39 is 26.1 Å². The Kier molecular flexibility index (Phi) is 7.29. The molecule has 0 saturated carbocycles. The molecule has 35 heavy (non-hydrogen) atoms. The number of sulfonamides is 1. The van der Waals surface area contributed by atoms with Gasteiger partial charge in [-0.05, 0) is 49.1 Å². The van der Waals surface area contributed by atoms with Gasteiger partial charge in [0.05, 0.1) is 24.0 Å². The third-order valence-electron chi connectivity index (χ3n) is 5.56. The normalized spacial score (nSPS) is 16.1. The van der Waals surface area contributed by atoms with Crippen molar-refractivity contribution in [3.63, 3.8) is 0 Å². The Labute approximate surface area is 207 Å². The summed E-state index contributed by atoms with van der Waals surface area (Å²) in [7, 11) is -4.84. The summed E-state index contributed by atoms with van der Waals surface area (Å²) >= 11 is 0. The first-order chi connectivity index (χ1) is 16.6. The van der Waals surface area contributed by atoms with Crippen molar-refractivity contribution in [2.45, 2.75) is 19.4 Å². The van der Waals surface area contributed by atoms with E-state index in [0.717, 1.165) is 5.56 Å². The number of aliphatic hydroxyl groups is 1. The molecular formula is C22H31N7O4S2. The molecule has 3 aromatic heterocycles. The lowest BCUT2D eigenvalue weighted by molar-refractivity contribution is 0.169. The van der Waals surface area contributed by atoms with Crippen molar-refractivity contribution in [2.75, 3.05) is 54.3 Å². The Morgan fingerprint density at radius 1 is 1.14 bits per heavy atom. The lowest BCUT2D eigenvalue weighted by atomic mass is 10.2. The average molecular weight is 522 g/mol. The molecule has 0 bridgehead atoms. The zero-order chi connectivity index (χ0) is 25.2. The van der Waals surface area contributed by atoms with E-state index in [9.17, 15) is 13.5 Å². The Hall–Kier alpha value is -2.77. The van der Waals surface area contributed by atoms with Gasteiger partial charge in [-0.3, -0.25) is 4.57 Å². The summed E-state index contributed by atoms with van der Waals surface area (Å²) in [6.45, 7) is 1.95. The number of aromatic nitrogens is 6. The highest BCUT2D eigenvalue weighted by Gasteiger charge is 2.34. The van der Waals surface area contributed by atoms with Crippen LogP contribution in [0.1, 0.15) is 17.4 Å². The van der Waals surface area contributed by atoms with Gasteiger partial charge >= 0.3 is 0 Å². The highest BCUT2D eigenvalue weighted by molar-refractivity contribution is 8.32. The third kappa shape index (κ3) is 5.73. The lowest BCUT2D eigenvalue weighted by Gasteiger charge is -2.31. The molecule has 3 aromatic rings. The second kappa shape index (κ2) is 10.1. The molecule has 0 amide bonds. The molecule has 0 unspecified atom stereocenters. The van der Waals surface area contributed by atoms with Gasteiger partial charge in [-0.25, -0.2) is 37.7 Å². The van der Waals surface area contributed by atoms with Crippen LogP contribution < -0.4 is 9.04 Å². The van der Waals surface area contributed by atoms with Crippen molar-refractivity contribution in [1.82, 2.24) is 29.7 Å². The van der Waals surface area contributed by atoms with Gasteiger partial charge < -0.3 is 9.84 Å². The first kappa shape index (κ1) is 25.3. The first-order valence-corrected chi connectivity index (χ1v) is 15.8. The molecule has 0 aromatic carbocycles. The van der Waals surface area contributed by atoms with Gasteiger partial charge in [0, 0.05) is 31.6 Å². The summed E-state index contributed by atoms with van der Waals surface area (Å²) in [6, 6.07) is 2.96. The van der Waals surface area contributed by atoms with E-state index >= 15 is 0 Å². The number of nitrogens with zero attached hydrogens (tertiary/aromatic N) is 7. The van der Waals surface area contributed by atoms with Gasteiger partial charge in [0.1, 0.15) is 12.4 Å². The second-order valence-electron chi connectivity index (χ2n) is 9.31. The Balaban J connectivity index is 1.74. The number of fused-ring (bicyclic) bond motifs is 3. The highest BCUT2D eigenvalue weighted by Crippen LogP contribution is 2.38. The summed E-state index contributed by atoms with van der Waals surface area (Å²) in [5.41, 5.74) is 1.50. The fourth-order valence-corrected chi connectivity index (χ4v) is 5.88. The number of rotatable bonds is 9. The standard InChI is InChI=1S/C22H31N7O4S2/c1-16-12-24-19(25-13-16)7-10-35(31,32)28(9-11-34(2,3)4)22-27-26-20-18-6-5-8-23-21(18)33-15-17(14-30)29(20)22/h5-6,8,12-13,17,30H,7,9-11,14-15H2,1-4H3/t17-/m0/s1. The quantitative estimate of drug-likeness (QED) is 0.443. The highest BCUT2D eigenvalue weighted by atomic mass is 32.3. The van der Waals surface area contributed by atoms with E-state index in [4.69, 9.17) is 4.74 Å². The molecule has 4 rings (SSSR count). The summed E-state index contributed by atoms with van der Waals surface area (Å²) in [4.78, 5) is 12.7. The van der Waals surface area contributed by atoms with Crippen LogP contribution in [0, 0.1) is 6.92 Å². The zero-order valence-electron chi connectivity index (χ0n) is 20.3. The smallest absolute Gasteiger partial charge is 0.241 e. The SMILES string of the molecule is Cc1cnc(CCS(=O)(=O)N(CCS(C)(C)C)c2nnc3n2[C@@H](CO)COc2ncccc2-3)nc1. The van der Waals surface area contributed by atoms with Crippen molar-refractivity contribution < 1.29 is 18.3 Å². The Bertz CT molecular complexity index is 1270. The molecule has 1 atom stereocenters. The monoisotopic (exact) mass is 521 g/mol. The molecule has 0 aliphatic carbocycles. The van der Waals surface area contributed by atoms with E-state index in [0.29, 0.717) is 28.8 Å². The fraction of sp³-hybridized carbons (Fsp3) is 0.500. The average Bonchev–Trinajstić information content (AvgIpc) is 3.15. The fourth-order valence-electron chi connectivity index (χ4n) is 3.63. The Morgan fingerprint density at radius 2 is 1.89 bits per heavy atom. The van der Waals surface area contributed by atoms with Crippen LogP contribution in [0.15, 0.2) is 30.7 Å². The van der Waals surface area contributed by atoms with E-state index in [1.165, 1.54) is 4.31 Å². The van der Waals surface area contributed by atoms with Crippen molar-refractivity contribution in [1.29, 1.82) is 0 Å². The number of hydrogen-bond donors (Lipinski definition) is 1. The topological polar surface area (TPSA) is 136 Å². The molecule has 0 saturated heterocycles. The number of ether oxygens (including phenoxy) is 1. The molecule has 190 valence electrons. The van der Waals surface area contributed by atoms with Gasteiger partial charge in [0.15, 0.2) is 5.82 Å². The zero-order valence-corrected chi connectivity index (χ0v) is 22.0. The van der Waals surface area contributed by atoms with Gasteiger partial charge in [-0.2, -0.15) is 0 Å². The number of hydrogen-bond acceptors (Lipinski definition) is 9. The molecule has 0 radical (unpaired) electrons. The number of pyridine rings is 1. The maximum atomic E-state index is 13.7. The summed E-state index contributed by atoms with van der Waals surface area (Å²) in [5.74, 6) is 1.89. The van der Waals surface area contributed by atoms with E-state index in [1.54, 1.807) is 35.3 Å². The third-order valence-corrected chi connectivity index (χ3v) is 8.71. The maximum absolute atomic E-state index is 13.7. The van der Waals surface area contributed by atoms with Crippen molar-refractivity contribution in [3.05, 3.63) is 42.1 Å². The molecule has 1 aliphatic heterocycles. The Morgan fingerprint density at radius 3 is 2.57 bits per heavy atom. The van der Waals surface area contributed by atoms with Gasteiger partial charge in [-0.1, -0.05) is 0 Å². The van der Waals surface area contributed by atoms with Crippen molar-refractivity contribution in [3.8, 4) is 17.3 Å². The second-order valence-corrected chi connectivity index (χ2v) is 15.9. The summed E-state index contributed by atoms with van der Waals surface area (Å²) in [6.07, 6.45) is 11.5. The molecule has 13 heteroatoms. The van der Waals surface area contributed by atoms with E-state index in [-0.39, 0.29) is 37.9 Å². The van der Waals surface area contributed by atoms with Crippen LogP contribution >= 0.6 is 10.0 Å². The predicted octanol–water partition coefficient (Wildman–Crippen LogP) is 1.44. The van der Waals surface area contributed by atoms with E-state index in [1.807, 2.05) is 6.92 Å². The minimum absolute atomic E-state index is 0.105. The molecule has 0 spiro atoms. The number of anilines is 1. The molecule has 1 N–H and O–H groups in total. The van der Waals surface area contributed by atoms with Crippen LogP contribution in [-0.2, 0) is 16.4 Å². The van der Waals surface area contributed by atoms with Gasteiger partial charge in [-0.15, -0.1) is 10.2 Å². The van der Waals surface area contributed by atoms with Crippen LogP contribution in [0.25, 0.3) is 11.4 Å². The molecule has 4 heterocycles. The van der Waals surface area contributed by atoms with Crippen LogP contribution in [-0.4, -0.2) is 93.3 Å². The number of aryl methyl sites for hydroxylation is 2. The largest absolute Gasteiger partial charge is 0.475 e. The maximum Gasteiger partial charge on any atom is 0.241 e. The predicted molar refractivity (Wildman–Crippen MR) is 137 cm³/mol. The minimum atomic E-state index is -3.83. The van der Waals surface area contributed by atoms with E-state index in [2.05, 4.69) is 43.9 Å². The molecule has 11 nitrogen and oxygen atoms in total. The number of aliphatic hydroxyl groups excluding tert-OH is 1. The van der Waals surface area contributed by atoms with Crippen molar-refractivity contribution >= 4 is 26.0 Å². The molecular weight excluding hydrogens is 490 g/mol. The minimum Gasteiger partial charge on any atom is -0.475 e. The molecule has 0 fully saturated rings. The van der Waals surface area contributed by atoms with Gasteiger partial charge in [0.25, 0.3) is 0 Å². The van der Waals surface area contributed by atoms with Crippen LogP contribution in [0.4, 0.5) is 5.95 Å².